The van der Waals surface area contributed by atoms with Crippen LogP contribution in [0.3, 0.4) is 0 Å². The first kappa shape index (κ1) is 10.7. The van der Waals surface area contributed by atoms with Crippen LogP contribution in [0, 0.1) is 12.3 Å². The molecule has 0 atom stereocenters. The van der Waals surface area contributed by atoms with Gasteiger partial charge in [0.1, 0.15) is 0 Å². The molecule has 0 saturated heterocycles. The van der Waals surface area contributed by atoms with Crippen molar-refractivity contribution < 1.29 is 18.9 Å². The van der Waals surface area contributed by atoms with Gasteiger partial charge in [0.25, 0.3) is 0 Å². The summed E-state index contributed by atoms with van der Waals surface area (Å²) in [5, 5.41) is 0. The standard InChI is InChI=1S/C9H7S.Li/c1-3-8-6-4-5-7-9(8)10-2;/h4-7H,2H3;/q-1;+1. The predicted molar refractivity (Wildman–Crippen MR) is 44.5 cm³/mol. The average molecular weight is 154 g/mol. The quantitative estimate of drug-likeness (QED) is 0.224. The third-order valence-electron chi connectivity index (χ3n) is 1.24. The van der Waals surface area contributed by atoms with Gasteiger partial charge in [-0.05, 0) is 6.26 Å². The molecule has 0 radical (unpaired) electrons. The van der Waals surface area contributed by atoms with Crippen LogP contribution in [-0.4, -0.2) is 6.26 Å². The topological polar surface area (TPSA) is 0 Å². The van der Waals surface area contributed by atoms with Gasteiger partial charge in [-0.1, -0.05) is 23.1 Å². The Labute approximate surface area is 83.9 Å². The fourth-order valence-electron chi connectivity index (χ4n) is 0.748. The van der Waals surface area contributed by atoms with Crippen molar-refractivity contribution in [3.8, 4) is 5.92 Å². The predicted octanol–water partition coefficient (Wildman–Crippen LogP) is -0.650. The molecule has 0 nitrogen and oxygen atoms in total. The molecule has 0 aromatic heterocycles. The van der Waals surface area contributed by atoms with Crippen molar-refractivity contribution >= 4 is 11.8 Å². The summed E-state index contributed by atoms with van der Waals surface area (Å²) < 4.78 is 0. The summed E-state index contributed by atoms with van der Waals surface area (Å²) in [5.41, 5.74) is 0.870. The van der Waals surface area contributed by atoms with Crippen LogP contribution in [0.2, 0.25) is 0 Å². The molecular formula is C9H7LiS. The molecule has 0 bridgehead atoms. The summed E-state index contributed by atoms with van der Waals surface area (Å²) in [6.45, 7) is 0. The molecule has 0 N–H and O–H groups in total. The molecule has 11 heavy (non-hydrogen) atoms. The van der Waals surface area contributed by atoms with Crippen LogP contribution in [0.15, 0.2) is 29.2 Å². The number of thioether (sulfide) groups is 1. The van der Waals surface area contributed by atoms with E-state index in [0.717, 1.165) is 10.5 Å². The summed E-state index contributed by atoms with van der Waals surface area (Å²) in [4.78, 5) is 1.11. The van der Waals surface area contributed by atoms with E-state index in [1.165, 1.54) is 0 Å². The van der Waals surface area contributed by atoms with Gasteiger partial charge in [-0.3, -0.25) is 5.92 Å². The van der Waals surface area contributed by atoms with E-state index in [-0.39, 0.29) is 18.9 Å². The molecule has 2 heteroatoms. The molecule has 0 amide bonds. The van der Waals surface area contributed by atoms with Gasteiger partial charge in [0.2, 0.25) is 0 Å². The second-order valence-electron chi connectivity index (χ2n) is 1.83. The second-order valence-corrected chi connectivity index (χ2v) is 2.67. The van der Waals surface area contributed by atoms with Crippen molar-refractivity contribution in [2.24, 2.45) is 0 Å². The fraction of sp³-hybridized carbons (Fsp3) is 0.111. The van der Waals surface area contributed by atoms with Gasteiger partial charge in [-0.15, -0.1) is 23.4 Å². The van der Waals surface area contributed by atoms with Crippen LogP contribution >= 0.6 is 11.8 Å². The van der Waals surface area contributed by atoms with Crippen LogP contribution in [0.25, 0.3) is 0 Å². The number of benzene rings is 1. The van der Waals surface area contributed by atoms with Crippen molar-refractivity contribution in [1.82, 2.24) is 0 Å². The minimum absolute atomic E-state index is 0. The fourth-order valence-corrected chi connectivity index (χ4v) is 1.30. The van der Waals surface area contributed by atoms with E-state index in [0.29, 0.717) is 0 Å². The van der Waals surface area contributed by atoms with Crippen molar-refractivity contribution in [1.29, 1.82) is 0 Å². The molecule has 0 fully saturated rings. The van der Waals surface area contributed by atoms with Crippen LogP contribution in [0.4, 0.5) is 0 Å². The minimum atomic E-state index is 0. The maximum Gasteiger partial charge on any atom is 1.00 e. The summed E-state index contributed by atoms with van der Waals surface area (Å²) in [6, 6.07) is 7.75. The molecule has 0 aliphatic heterocycles. The summed E-state index contributed by atoms with van der Waals surface area (Å²) in [6.07, 6.45) is 8.92. The zero-order chi connectivity index (χ0) is 7.40. The van der Waals surface area contributed by atoms with Crippen molar-refractivity contribution in [2.45, 2.75) is 4.90 Å². The second kappa shape index (κ2) is 5.39. The van der Waals surface area contributed by atoms with Crippen molar-refractivity contribution in [3.05, 3.63) is 36.3 Å². The molecule has 0 unspecified atom stereocenters. The monoisotopic (exact) mass is 154 g/mol. The zero-order valence-corrected chi connectivity index (χ0v) is 7.53. The van der Waals surface area contributed by atoms with E-state index >= 15 is 0 Å². The van der Waals surface area contributed by atoms with Gasteiger partial charge in [0, 0.05) is 0 Å². The van der Waals surface area contributed by atoms with Gasteiger partial charge < -0.3 is 6.42 Å². The van der Waals surface area contributed by atoms with Gasteiger partial charge in [-0.25, -0.2) is 0 Å². The molecule has 1 aromatic rings. The van der Waals surface area contributed by atoms with Gasteiger partial charge in [-0.2, -0.15) is 0 Å². The van der Waals surface area contributed by atoms with Crippen molar-refractivity contribution in [3.63, 3.8) is 0 Å². The Morgan fingerprint density at radius 1 is 1.36 bits per heavy atom. The van der Waals surface area contributed by atoms with Crippen LogP contribution < -0.4 is 18.9 Å². The SMILES string of the molecule is [C-]#Cc1ccccc1SC.[Li+]. The van der Waals surface area contributed by atoms with E-state index in [1.807, 2.05) is 30.5 Å². The molecule has 0 aliphatic rings. The Hall–Kier alpha value is -0.273. The first-order valence-electron chi connectivity index (χ1n) is 2.94. The molecule has 0 spiro atoms. The van der Waals surface area contributed by atoms with E-state index < -0.39 is 0 Å². The summed E-state index contributed by atoms with van der Waals surface area (Å²) in [5.74, 6) is 2.38. The minimum Gasteiger partial charge on any atom is -0.366 e. The molecule has 1 rings (SSSR count). The van der Waals surface area contributed by atoms with E-state index in [1.54, 1.807) is 11.8 Å². The first-order valence-corrected chi connectivity index (χ1v) is 4.16. The Balaban J connectivity index is 0.000001000. The van der Waals surface area contributed by atoms with Crippen molar-refractivity contribution in [2.75, 3.05) is 6.26 Å². The van der Waals surface area contributed by atoms with Gasteiger partial charge >= 0.3 is 18.9 Å². The van der Waals surface area contributed by atoms with E-state index in [2.05, 4.69) is 5.92 Å². The average Bonchev–Trinajstić information content (AvgIpc) is 2.04. The first-order chi connectivity index (χ1) is 4.88. The zero-order valence-electron chi connectivity index (χ0n) is 6.72. The third-order valence-corrected chi connectivity index (χ3v) is 2.04. The molecule has 0 aliphatic carbocycles. The van der Waals surface area contributed by atoms with E-state index in [9.17, 15) is 0 Å². The van der Waals surface area contributed by atoms with Crippen LogP contribution in [0.1, 0.15) is 5.56 Å². The Kier molecular flexibility index (Phi) is 5.25. The van der Waals surface area contributed by atoms with E-state index in [4.69, 9.17) is 6.42 Å². The maximum absolute atomic E-state index is 6.92. The molecule has 1 aromatic carbocycles. The molecule has 50 valence electrons. The van der Waals surface area contributed by atoms with Gasteiger partial charge in [0.15, 0.2) is 0 Å². The summed E-state index contributed by atoms with van der Waals surface area (Å²) >= 11 is 1.64. The van der Waals surface area contributed by atoms with Gasteiger partial charge in [0.05, 0.1) is 0 Å². The Morgan fingerprint density at radius 2 is 2.00 bits per heavy atom. The summed E-state index contributed by atoms with van der Waals surface area (Å²) in [7, 11) is 0. The van der Waals surface area contributed by atoms with Crippen LogP contribution in [-0.2, 0) is 0 Å². The largest absolute Gasteiger partial charge is 1.00 e. The smallest absolute Gasteiger partial charge is 0.366 e. The Bertz CT molecular complexity index is 263. The van der Waals surface area contributed by atoms with Crippen LogP contribution in [0.5, 0.6) is 0 Å². The number of hydrogen-bond acceptors (Lipinski definition) is 1. The number of rotatable bonds is 1. The molecule has 0 heterocycles. The third kappa shape index (κ3) is 2.68. The normalized spacial score (nSPS) is 8.00. The molecule has 0 saturated carbocycles. The Morgan fingerprint density at radius 3 is 2.45 bits per heavy atom. The molecular weight excluding hydrogens is 147 g/mol. The maximum atomic E-state index is 6.92. The number of hydrogen-bond donors (Lipinski definition) is 0.